The first-order chi connectivity index (χ1) is 13.3. The number of benzene rings is 1. The molecule has 1 fully saturated rings. The molecule has 4 rings (SSSR count). The monoisotopic (exact) mass is 385 g/mol. The quantitative estimate of drug-likeness (QED) is 0.588. The van der Waals surface area contributed by atoms with E-state index in [0.29, 0.717) is 6.42 Å². The summed E-state index contributed by atoms with van der Waals surface area (Å²) in [5.74, 6) is 1.25. The topological polar surface area (TPSA) is 65.1 Å². The van der Waals surface area contributed by atoms with E-state index in [2.05, 4.69) is 12.2 Å². The lowest BCUT2D eigenvalue weighted by molar-refractivity contribution is -0.160. The second-order valence-electron chi connectivity index (χ2n) is 8.75. The van der Waals surface area contributed by atoms with Gasteiger partial charge in [-0.1, -0.05) is 18.2 Å². The van der Waals surface area contributed by atoms with Crippen molar-refractivity contribution in [3.63, 3.8) is 0 Å². The van der Waals surface area contributed by atoms with Crippen molar-refractivity contribution in [2.24, 2.45) is 0 Å². The summed E-state index contributed by atoms with van der Waals surface area (Å²) in [5.41, 5.74) is 0.129. The molecule has 1 aliphatic carbocycles. The number of rotatable bonds is 3. The molecule has 6 nitrogen and oxygen atoms in total. The molecule has 2 atom stereocenters. The Morgan fingerprint density at radius 1 is 1.25 bits per heavy atom. The van der Waals surface area contributed by atoms with E-state index in [1.807, 2.05) is 39.0 Å². The van der Waals surface area contributed by atoms with Gasteiger partial charge in [-0.05, 0) is 57.7 Å². The first-order valence-corrected chi connectivity index (χ1v) is 9.85. The van der Waals surface area contributed by atoms with Crippen molar-refractivity contribution in [1.29, 1.82) is 0 Å². The lowest BCUT2D eigenvalue weighted by atomic mass is 9.70. The van der Waals surface area contributed by atoms with Crippen LogP contribution in [0, 0.1) is 0 Å². The van der Waals surface area contributed by atoms with Crippen LogP contribution in [0.5, 0.6) is 11.5 Å². The van der Waals surface area contributed by atoms with Crippen molar-refractivity contribution in [1.82, 2.24) is 4.90 Å². The maximum absolute atomic E-state index is 12.8. The van der Waals surface area contributed by atoms with E-state index >= 15 is 0 Å². The van der Waals surface area contributed by atoms with Crippen molar-refractivity contribution in [3.8, 4) is 11.5 Å². The number of carbonyl (C=O) groups is 2. The van der Waals surface area contributed by atoms with Crippen LogP contribution < -0.4 is 9.47 Å². The Bertz CT molecular complexity index is 825. The van der Waals surface area contributed by atoms with E-state index in [4.69, 9.17) is 14.2 Å². The molecule has 6 heteroatoms. The number of amides is 1. The Morgan fingerprint density at radius 2 is 2.04 bits per heavy atom. The molecular formula is C22H27NO5. The molecule has 1 saturated heterocycles. The highest BCUT2D eigenvalue weighted by Gasteiger charge is 2.51. The number of hydrogen-bond donors (Lipinski definition) is 0. The summed E-state index contributed by atoms with van der Waals surface area (Å²) in [5, 5.41) is 0. The van der Waals surface area contributed by atoms with E-state index in [9.17, 15) is 9.59 Å². The van der Waals surface area contributed by atoms with Crippen LogP contribution in [0.4, 0.5) is 0 Å². The van der Waals surface area contributed by atoms with Crippen LogP contribution in [0.1, 0.15) is 57.9 Å². The molecule has 2 heterocycles. The third kappa shape index (κ3) is 3.36. The minimum atomic E-state index is -0.573. The molecule has 0 N–H and O–H groups in total. The summed E-state index contributed by atoms with van der Waals surface area (Å²) in [6.07, 6.45) is 7.03. The predicted octanol–water partition coefficient (Wildman–Crippen LogP) is 3.55. The fourth-order valence-electron chi connectivity index (χ4n) is 4.62. The Kier molecular flexibility index (Phi) is 4.60. The second kappa shape index (κ2) is 6.83. The molecule has 0 saturated carbocycles. The fraction of sp³-hybridized carbons (Fsp3) is 0.545. The molecular weight excluding hydrogens is 358 g/mol. The van der Waals surface area contributed by atoms with Gasteiger partial charge in [0.2, 0.25) is 12.7 Å². The summed E-state index contributed by atoms with van der Waals surface area (Å²) in [4.78, 5) is 27.0. The third-order valence-corrected chi connectivity index (χ3v) is 5.78. The molecule has 1 aromatic carbocycles. The van der Waals surface area contributed by atoms with Crippen LogP contribution in [0.15, 0.2) is 30.4 Å². The van der Waals surface area contributed by atoms with E-state index in [1.54, 1.807) is 4.90 Å². The number of esters is 1. The van der Waals surface area contributed by atoms with Crippen LogP contribution in [0.3, 0.4) is 0 Å². The van der Waals surface area contributed by atoms with Crippen LogP contribution in [0.25, 0.3) is 0 Å². The molecule has 1 amide bonds. The van der Waals surface area contributed by atoms with Gasteiger partial charge in [-0.15, -0.1) is 0 Å². The fourth-order valence-corrected chi connectivity index (χ4v) is 4.62. The van der Waals surface area contributed by atoms with Gasteiger partial charge in [0.15, 0.2) is 11.5 Å². The Labute approximate surface area is 165 Å². The summed E-state index contributed by atoms with van der Waals surface area (Å²) >= 11 is 0. The Balaban J connectivity index is 1.65. The van der Waals surface area contributed by atoms with Gasteiger partial charge in [0, 0.05) is 12.3 Å². The van der Waals surface area contributed by atoms with Gasteiger partial charge in [-0.2, -0.15) is 0 Å². The molecule has 1 spiro atoms. The number of carbonyl (C=O) groups excluding carboxylic acids is 2. The lowest BCUT2D eigenvalue weighted by Crippen LogP contribution is -2.53. The summed E-state index contributed by atoms with van der Waals surface area (Å²) in [6, 6.07) is 5.99. The molecule has 0 aromatic heterocycles. The average Bonchev–Trinajstić information content (AvgIpc) is 3.21. The van der Waals surface area contributed by atoms with Gasteiger partial charge in [0.25, 0.3) is 0 Å². The van der Waals surface area contributed by atoms with E-state index in [1.165, 1.54) is 0 Å². The molecule has 0 bridgehead atoms. The van der Waals surface area contributed by atoms with E-state index in [-0.39, 0.29) is 31.1 Å². The van der Waals surface area contributed by atoms with E-state index < -0.39 is 11.1 Å². The highest BCUT2D eigenvalue weighted by molar-refractivity contribution is 5.85. The minimum Gasteiger partial charge on any atom is -0.459 e. The highest BCUT2D eigenvalue weighted by atomic mass is 16.7. The maximum atomic E-state index is 12.8. The van der Waals surface area contributed by atoms with E-state index in [0.717, 1.165) is 36.3 Å². The van der Waals surface area contributed by atoms with Gasteiger partial charge in [0.05, 0.1) is 5.54 Å². The van der Waals surface area contributed by atoms with Crippen molar-refractivity contribution in [2.75, 3.05) is 13.3 Å². The van der Waals surface area contributed by atoms with Crippen molar-refractivity contribution in [2.45, 2.75) is 63.5 Å². The normalized spacial score (nSPS) is 26.2. The number of nitrogens with zero attached hydrogens (tertiary/aromatic N) is 1. The molecule has 1 aromatic rings. The lowest BCUT2D eigenvalue weighted by Gasteiger charge is -2.45. The average molecular weight is 385 g/mol. The van der Waals surface area contributed by atoms with Crippen LogP contribution in [-0.4, -0.2) is 41.3 Å². The molecule has 150 valence electrons. The van der Waals surface area contributed by atoms with Gasteiger partial charge in [-0.25, -0.2) is 0 Å². The standard InChI is InChI=1S/C22H27NO5/c1-21(2,3)28-20(25)13-23-19(24)9-11-22(23)10-5-4-6-16(22)15-7-8-17-18(12-15)27-14-26-17/h4-5,7-8,12,16H,6,9-11,13-14H2,1-3H3/t16-,22+/m0/s1. The molecule has 3 aliphatic rings. The number of ether oxygens (including phenoxy) is 3. The Morgan fingerprint density at radius 3 is 2.82 bits per heavy atom. The molecule has 2 aliphatic heterocycles. The maximum Gasteiger partial charge on any atom is 0.326 e. The zero-order valence-electron chi connectivity index (χ0n) is 16.7. The van der Waals surface area contributed by atoms with Gasteiger partial charge >= 0.3 is 5.97 Å². The van der Waals surface area contributed by atoms with Crippen LogP contribution >= 0.6 is 0 Å². The summed E-state index contributed by atoms with van der Waals surface area (Å²) in [6.45, 7) is 5.74. The molecule has 28 heavy (non-hydrogen) atoms. The smallest absolute Gasteiger partial charge is 0.326 e. The van der Waals surface area contributed by atoms with Gasteiger partial charge in [-0.3, -0.25) is 9.59 Å². The van der Waals surface area contributed by atoms with Crippen LogP contribution in [0.2, 0.25) is 0 Å². The zero-order valence-corrected chi connectivity index (χ0v) is 16.7. The largest absolute Gasteiger partial charge is 0.459 e. The second-order valence-corrected chi connectivity index (χ2v) is 8.75. The van der Waals surface area contributed by atoms with Crippen LogP contribution in [-0.2, 0) is 14.3 Å². The van der Waals surface area contributed by atoms with Crippen molar-refractivity contribution >= 4 is 11.9 Å². The third-order valence-electron chi connectivity index (χ3n) is 5.78. The molecule has 0 unspecified atom stereocenters. The Hall–Kier alpha value is -2.50. The SMILES string of the molecule is CC(C)(C)OC(=O)CN1C(=O)CC[C@@]12CC=CC[C@H]2c1ccc2c(c1)OCO2. The number of hydrogen-bond acceptors (Lipinski definition) is 5. The number of allylic oxidation sites excluding steroid dienone is 1. The molecule has 0 radical (unpaired) electrons. The van der Waals surface area contributed by atoms with Gasteiger partial charge < -0.3 is 19.1 Å². The highest BCUT2D eigenvalue weighted by Crippen LogP contribution is 2.50. The first kappa shape index (κ1) is 18.8. The number of likely N-dealkylation sites (tertiary alicyclic amines) is 1. The minimum absolute atomic E-state index is 0.00893. The summed E-state index contributed by atoms with van der Waals surface area (Å²) in [7, 11) is 0. The van der Waals surface area contributed by atoms with Gasteiger partial charge in [0.1, 0.15) is 12.1 Å². The van der Waals surface area contributed by atoms with Crippen molar-refractivity contribution in [3.05, 3.63) is 35.9 Å². The number of fused-ring (bicyclic) bond motifs is 1. The van der Waals surface area contributed by atoms with Crippen molar-refractivity contribution < 1.29 is 23.8 Å². The zero-order chi connectivity index (χ0) is 19.9. The first-order valence-electron chi connectivity index (χ1n) is 9.85. The predicted molar refractivity (Wildman–Crippen MR) is 103 cm³/mol. The summed E-state index contributed by atoms with van der Waals surface area (Å²) < 4.78 is 16.5.